The molecule has 1 atom stereocenters. The summed E-state index contributed by atoms with van der Waals surface area (Å²) >= 11 is 0. The van der Waals surface area contributed by atoms with Gasteiger partial charge in [0, 0.05) is 19.0 Å². The van der Waals surface area contributed by atoms with E-state index in [0.717, 1.165) is 6.42 Å². The van der Waals surface area contributed by atoms with Gasteiger partial charge in [-0.3, -0.25) is 4.79 Å². The van der Waals surface area contributed by atoms with Gasteiger partial charge in [-0.15, -0.1) is 19.0 Å². The number of hydrogen-bond donors (Lipinski definition) is 2. The predicted molar refractivity (Wildman–Crippen MR) is 69.6 cm³/mol. The third kappa shape index (κ3) is 4.99. The Morgan fingerprint density at radius 2 is 2.12 bits per heavy atom. The Morgan fingerprint density at radius 1 is 1.50 bits per heavy atom. The Morgan fingerprint density at radius 3 is 2.62 bits per heavy atom. The van der Waals surface area contributed by atoms with E-state index in [1.54, 1.807) is 6.08 Å². The molecule has 0 aromatic rings. The van der Waals surface area contributed by atoms with Crippen LogP contribution < -0.4 is 11.1 Å². The second-order valence-electron chi connectivity index (χ2n) is 4.28. The number of amides is 1. The van der Waals surface area contributed by atoms with E-state index in [-0.39, 0.29) is 24.4 Å². The number of nitrogens with two attached hydrogens (primary N) is 1. The highest BCUT2D eigenvalue weighted by Crippen LogP contribution is 2.27. The van der Waals surface area contributed by atoms with Crippen molar-refractivity contribution in [3.63, 3.8) is 0 Å². The van der Waals surface area contributed by atoms with Crippen LogP contribution in [0.15, 0.2) is 12.7 Å². The summed E-state index contributed by atoms with van der Waals surface area (Å²) < 4.78 is 0. The zero-order valence-corrected chi connectivity index (χ0v) is 10.6. The minimum absolute atomic E-state index is 0. The fraction of sp³-hybridized carbons (Fsp3) is 0.750. The van der Waals surface area contributed by atoms with Gasteiger partial charge in [0.25, 0.3) is 0 Å². The summed E-state index contributed by atoms with van der Waals surface area (Å²) in [6.45, 7) is 4.16. The Labute approximate surface area is 104 Å². The van der Waals surface area contributed by atoms with E-state index in [0.29, 0.717) is 18.9 Å². The number of nitrogens with one attached hydrogen (secondary N) is 1. The lowest BCUT2D eigenvalue weighted by atomic mass is 9.98. The average Bonchev–Trinajstić information content (AvgIpc) is 2.76. The van der Waals surface area contributed by atoms with Crippen molar-refractivity contribution in [2.24, 2.45) is 11.7 Å². The number of allylic oxidation sites excluding steroid dienone is 1. The van der Waals surface area contributed by atoms with Crippen LogP contribution in [0.3, 0.4) is 0 Å². The topological polar surface area (TPSA) is 55.1 Å². The van der Waals surface area contributed by atoms with E-state index in [1.165, 1.54) is 25.7 Å². The van der Waals surface area contributed by atoms with Crippen LogP contribution in [0.5, 0.6) is 0 Å². The predicted octanol–water partition coefficient (Wildman–Crippen LogP) is 2.01. The van der Waals surface area contributed by atoms with Gasteiger partial charge in [-0.05, 0) is 25.2 Å². The van der Waals surface area contributed by atoms with Crippen LogP contribution in [0.2, 0.25) is 0 Å². The van der Waals surface area contributed by atoms with Crippen LogP contribution in [0.4, 0.5) is 0 Å². The van der Waals surface area contributed by atoms with Crippen molar-refractivity contribution in [1.82, 2.24) is 5.32 Å². The highest BCUT2D eigenvalue weighted by molar-refractivity contribution is 5.85. The largest absolute Gasteiger partial charge is 0.352 e. The quantitative estimate of drug-likeness (QED) is 0.705. The van der Waals surface area contributed by atoms with Gasteiger partial charge in [-0.1, -0.05) is 18.9 Å². The van der Waals surface area contributed by atoms with Crippen LogP contribution in [0.25, 0.3) is 0 Å². The number of hydrogen-bond acceptors (Lipinski definition) is 2. The molecule has 1 fully saturated rings. The maximum atomic E-state index is 11.5. The zero-order chi connectivity index (χ0) is 11.1. The van der Waals surface area contributed by atoms with Gasteiger partial charge in [-0.25, -0.2) is 0 Å². The van der Waals surface area contributed by atoms with Crippen molar-refractivity contribution in [1.29, 1.82) is 0 Å². The smallest absolute Gasteiger partial charge is 0.220 e. The molecule has 3 N–H and O–H groups in total. The molecule has 0 aromatic heterocycles. The first-order valence-corrected chi connectivity index (χ1v) is 5.88. The maximum absolute atomic E-state index is 11.5. The van der Waals surface area contributed by atoms with E-state index in [9.17, 15) is 4.79 Å². The van der Waals surface area contributed by atoms with E-state index in [4.69, 9.17) is 5.73 Å². The second kappa shape index (κ2) is 8.59. The Hall–Kier alpha value is -0.540. The molecule has 1 rings (SSSR count). The van der Waals surface area contributed by atoms with E-state index in [1.807, 2.05) is 0 Å². The van der Waals surface area contributed by atoms with E-state index >= 15 is 0 Å². The van der Waals surface area contributed by atoms with Gasteiger partial charge in [0.2, 0.25) is 5.91 Å². The molecular formula is C12H23ClN2O. The molecule has 1 saturated carbocycles. The second-order valence-corrected chi connectivity index (χ2v) is 4.28. The molecular weight excluding hydrogens is 224 g/mol. The number of carbonyl (C=O) groups is 1. The van der Waals surface area contributed by atoms with E-state index < -0.39 is 0 Å². The maximum Gasteiger partial charge on any atom is 0.220 e. The minimum Gasteiger partial charge on any atom is -0.352 e. The molecule has 1 amide bonds. The molecule has 0 heterocycles. The minimum atomic E-state index is 0. The molecule has 0 aromatic carbocycles. The molecule has 94 valence electrons. The standard InChI is InChI=1S/C12H22N2O.ClH/c1-2-3-8-12(15)14-11(9-13)10-6-4-5-7-10;/h2,10-11H,1,3-9,13H2,(H,14,15);1H. The monoisotopic (exact) mass is 246 g/mol. The Bertz CT molecular complexity index is 215. The van der Waals surface area contributed by atoms with Gasteiger partial charge in [0.05, 0.1) is 0 Å². The summed E-state index contributed by atoms with van der Waals surface area (Å²) in [5.74, 6) is 0.708. The summed E-state index contributed by atoms with van der Waals surface area (Å²) in [6, 6.07) is 0.185. The summed E-state index contributed by atoms with van der Waals surface area (Å²) in [5.41, 5.74) is 5.69. The van der Waals surface area contributed by atoms with Gasteiger partial charge in [-0.2, -0.15) is 0 Å². The average molecular weight is 247 g/mol. The highest BCUT2D eigenvalue weighted by Gasteiger charge is 2.24. The first kappa shape index (κ1) is 15.5. The molecule has 0 bridgehead atoms. The van der Waals surface area contributed by atoms with Crippen molar-refractivity contribution in [3.05, 3.63) is 12.7 Å². The van der Waals surface area contributed by atoms with Crippen molar-refractivity contribution in [2.45, 2.75) is 44.6 Å². The summed E-state index contributed by atoms with van der Waals surface area (Å²) in [4.78, 5) is 11.5. The first-order valence-electron chi connectivity index (χ1n) is 5.88. The Kier molecular flexibility index (Phi) is 8.30. The summed E-state index contributed by atoms with van der Waals surface area (Å²) in [6.07, 6.45) is 8.04. The zero-order valence-electron chi connectivity index (χ0n) is 9.78. The van der Waals surface area contributed by atoms with Crippen molar-refractivity contribution in [2.75, 3.05) is 6.54 Å². The lowest BCUT2D eigenvalue weighted by Crippen LogP contribution is -2.44. The molecule has 0 aliphatic heterocycles. The Balaban J connectivity index is 0.00000225. The van der Waals surface area contributed by atoms with Crippen LogP contribution in [0.1, 0.15) is 38.5 Å². The first-order chi connectivity index (χ1) is 7.27. The van der Waals surface area contributed by atoms with Crippen LogP contribution in [-0.4, -0.2) is 18.5 Å². The third-order valence-electron chi connectivity index (χ3n) is 3.14. The van der Waals surface area contributed by atoms with Crippen molar-refractivity contribution in [3.8, 4) is 0 Å². The third-order valence-corrected chi connectivity index (χ3v) is 3.14. The van der Waals surface area contributed by atoms with Crippen LogP contribution >= 0.6 is 12.4 Å². The lowest BCUT2D eigenvalue weighted by Gasteiger charge is -2.23. The number of carbonyl (C=O) groups excluding carboxylic acids is 1. The van der Waals surface area contributed by atoms with E-state index in [2.05, 4.69) is 11.9 Å². The molecule has 4 heteroatoms. The number of halogens is 1. The molecule has 16 heavy (non-hydrogen) atoms. The summed E-state index contributed by atoms with van der Waals surface area (Å²) in [7, 11) is 0. The molecule has 0 radical (unpaired) electrons. The van der Waals surface area contributed by atoms with Crippen molar-refractivity contribution >= 4 is 18.3 Å². The van der Waals surface area contributed by atoms with Crippen LogP contribution in [0, 0.1) is 5.92 Å². The fourth-order valence-corrected chi connectivity index (χ4v) is 2.24. The number of rotatable bonds is 6. The molecule has 1 aliphatic rings. The molecule has 1 aliphatic carbocycles. The van der Waals surface area contributed by atoms with Crippen LogP contribution in [-0.2, 0) is 4.79 Å². The normalized spacial score (nSPS) is 17.6. The fourth-order valence-electron chi connectivity index (χ4n) is 2.24. The molecule has 0 spiro atoms. The molecule has 3 nitrogen and oxygen atoms in total. The molecule has 0 saturated heterocycles. The lowest BCUT2D eigenvalue weighted by molar-refractivity contribution is -0.122. The van der Waals surface area contributed by atoms with Gasteiger partial charge in [0.1, 0.15) is 0 Å². The molecule has 1 unspecified atom stereocenters. The van der Waals surface area contributed by atoms with Crippen molar-refractivity contribution < 1.29 is 4.79 Å². The van der Waals surface area contributed by atoms with Gasteiger partial charge >= 0.3 is 0 Å². The SMILES string of the molecule is C=CCCC(=O)NC(CN)C1CCCC1.Cl. The highest BCUT2D eigenvalue weighted by atomic mass is 35.5. The summed E-state index contributed by atoms with van der Waals surface area (Å²) in [5, 5.41) is 3.03. The van der Waals surface area contributed by atoms with Gasteiger partial charge in [0.15, 0.2) is 0 Å². The van der Waals surface area contributed by atoms with Gasteiger partial charge < -0.3 is 11.1 Å².